The van der Waals surface area contributed by atoms with E-state index in [1.165, 1.54) is 236 Å². The first-order valence-corrected chi connectivity index (χ1v) is 31.2. The third-order valence-electron chi connectivity index (χ3n) is 15.1. The molecule has 416 valence electrons. The molecule has 0 aliphatic rings. The number of ether oxygens (including phenoxy) is 2. The number of hydrogen-bond acceptors (Lipinski definition) is 8. The van der Waals surface area contributed by atoms with Crippen LogP contribution >= 0.6 is 0 Å². The van der Waals surface area contributed by atoms with Gasteiger partial charge in [0.05, 0.1) is 46.3 Å². The van der Waals surface area contributed by atoms with Crippen LogP contribution in [-0.4, -0.2) is 38.5 Å². The molecule has 0 bridgehead atoms. The van der Waals surface area contributed by atoms with Crippen molar-refractivity contribution >= 4 is 11.9 Å². The fraction of sp³-hybridized carbons (Fsp3) is 0.672. The Balaban J connectivity index is 1.58. The minimum Gasteiger partial charge on any atom is -0.462 e. The topological polar surface area (TPSA) is 104 Å². The van der Waals surface area contributed by atoms with Crippen molar-refractivity contribution in [2.75, 3.05) is 6.61 Å². The van der Waals surface area contributed by atoms with Crippen LogP contribution in [0.1, 0.15) is 300 Å². The molecule has 8 heteroatoms. The van der Waals surface area contributed by atoms with Crippen LogP contribution in [-0.2, 0) is 16.0 Å². The van der Waals surface area contributed by atoms with Gasteiger partial charge in [0.2, 0.25) is 0 Å². The number of unbranched alkanes of at least 4 members (excludes halogenated alkanes) is 31. The zero-order valence-electron chi connectivity index (χ0n) is 48.3. The Morgan fingerprint density at radius 1 is 0.427 bits per heavy atom. The van der Waals surface area contributed by atoms with E-state index in [4.69, 9.17) is 24.4 Å². The molecule has 0 radical (unpaired) electrons. The van der Waals surface area contributed by atoms with Gasteiger partial charge in [-0.3, -0.25) is 14.8 Å². The van der Waals surface area contributed by atoms with Crippen LogP contribution in [0, 0.1) is 0 Å². The molecule has 0 N–H and O–H groups in total. The number of pyridine rings is 4. The van der Waals surface area contributed by atoms with E-state index in [2.05, 4.69) is 50.0 Å². The number of hydrogen-bond donors (Lipinski definition) is 0. The zero-order chi connectivity index (χ0) is 53.4. The molecular formula is C67H104N4O4. The Kier molecular flexibility index (Phi) is 34.3. The summed E-state index contributed by atoms with van der Waals surface area (Å²) >= 11 is 0. The molecule has 0 spiro atoms. The van der Waals surface area contributed by atoms with Gasteiger partial charge in [-0.1, -0.05) is 240 Å². The van der Waals surface area contributed by atoms with E-state index in [9.17, 15) is 9.59 Å². The van der Waals surface area contributed by atoms with Gasteiger partial charge >= 0.3 is 11.9 Å². The van der Waals surface area contributed by atoms with Crippen molar-refractivity contribution < 1.29 is 19.1 Å². The Morgan fingerprint density at radius 2 is 0.813 bits per heavy atom. The number of rotatable bonds is 45. The standard InChI is InChI=1S/C67H104N4O4/c1-6-11-14-17-20-23-26-27-28-29-30-33-36-39-42-55-49-62(70-63(50-55)65-53-58(67(73)74-10-5)52-64(71-65)61-54-59(46-48-69-61)75-66(72)9-4)60-51-57(45-47-68-60)56(43-40-37-34-31-24-21-18-15-12-7-2)44-41-38-35-32-25-22-19-16-13-8-3/h45-54,56H,6-44H2,1-5H3. The van der Waals surface area contributed by atoms with Crippen LogP contribution < -0.4 is 4.74 Å². The molecule has 0 saturated carbocycles. The van der Waals surface area contributed by atoms with E-state index in [0.717, 1.165) is 24.2 Å². The number of aryl methyl sites for hydroxylation is 1. The van der Waals surface area contributed by atoms with Crippen molar-refractivity contribution in [1.82, 2.24) is 19.9 Å². The van der Waals surface area contributed by atoms with Crippen molar-refractivity contribution in [3.05, 3.63) is 77.6 Å². The average molecular weight is 1030 g/mol. The van der Waals surface area contributed by atoms with Crippen molar-refractivity contribution in [1.29, 1.82) is 0 Å². The quantitative estimate of drug-likeness (QED) is 0.0319. The largest absolute Gasteiger partial charge is 0.462 e. The second-order valence-corrected chi connectivity index (χ2v) is 21.8. The molecule has 75 heavy (non-hydrogen) atoms. The van der Waals surface area contributed by atoms with Gasteiger partial charge in [-0.05, 0) is 92.1 Å². The number of nitrogens with zero attached hydrogens (tertiary/aromatic N) is 4. The SMILES string of the molecule is CCCCCCCCCCCCCCCCc1cc(-c2cc(C(CCCCCCCCCCCC)CCCCCCCCCCCC)ccn2)nc(-c2cc(C(=O)OCC)cc(-c3cc(OC(=O)CC)ccn3)n2)c1. The summed E-state index contributed by atoms with van der Waals surface area (Å²) in [6, 6.07) is 15.8. The van der Waals surface area contributed by atoms with Crippen molar-refractivity contribution in [3.8, 4) is 39.9 Å². The lowest BCUT2D eigenvalue weighted by atomic mass is 9.88. The van der Waals surface area contributed by atoms with Gasteiger partial charge in [-0.25, -0.2) is 14.8 Å². The molecule has 8 nitrogen and oxygen atoms in total. The normalized spacial score (nSPS) is 11.4. The van der Waals surface area contributed by atoms with E-state index in [1.54, 1.807) is 37.4 Å². The maximum absolute atomic E-state index is 13.5. The first-order valence-electron chi connectivity index (χ1n) is 31.2. The summed E-state index contributed by atoms with van der Waals surface area (Å²) in [7, 11) is 0. The first kappa shape index (κ1) is 63.1. The van der Waals surface area contributed by atoms with E-state index in [1.807, 2.05) is 13.1 Å². The maximum atomic E-state index is 13.5. The first-order chi connectivity index (χ1) is 36.9. The average Bonchev–Trinajstić information content (AvgIpc) is 3.43. The van der Waals surface area contributed by atoms with E-state index in [0.29, 0.717) is 40.0 Å². The van der Waals surface area contributed by atoms with Gasteiger partial charge in [0.1, 0.15) is 5.75 Å². The number of esters is 2. The van der Waals surface area contributed by atoms with Gasteiger partial charge in [0.25, 0.3) is 0 Å². The summed E-state index contributed by atoms with van der Waals surface area (Å²) in [5, 5.41) is 0. The Morgan fingerprint density at radius 3 is 1.27 bits per heavy atom. The molecule has 0 atom stereocenters. The Bertz CT molecular complexity index is 2100. The second kappa shape index (κ2) is 40.7. The summed E-state index contributed by atoms with van der Waals surface area (Å²) in [5.41, 5.74) is 6.78. The Labute approximate surface area is 457 Å². The summed E-state index contributed by atoms with van der Waals surface area (Å²) < 4.78 is 11.1. The van der Waals surface area contributed by atoms with Gasteiger partial charge in [0, 0.05) is 24.9 Å². The van der Waals surface area contributed by atoms with Gasteiger partial charge < -0.3 is 9.47 Å². The minimum absolute atomic E-state index is 0.241. The molecule has 4 aromatic rings. The van der Waals surface area contributed by atoms with Crippen molar-refractivity contribution in [2.24, 2.45) is 0 Å². The van der Waals surface area contributed by atoms with Crippen molar-refractivity contribution in [3.63, 3.8) is 0 Å². The highest BCUT2D eigenvalue weighted by molar-refractivity contribution is 5.92. The van der Waals surface area contributed by atoms with Gasteiger partial charge in [0.15, 0.2) is 0 Å². The Hall–Kier alpha value is -4.46. The van der Waals surface area contributed by atoms with E-state index in [-0.39, 0.29) is 19.0 Å². The lowest BCUT2D eigenvalue weighted by molar-refractivity contribution is -0.134. The molecule has 0 amide bonds. The molecular weight excluding hydrogens is 925 g/mol. The molecule has 4 aromatic heterocycles. The summed E-state index contributed by atoms with van der Waals surface area (Å²) in [4.78, 5) is 45.8. The third kappa shape index (κ3) is 26.9. The van der Waals surface area contributed by atoms with Crippen LogP contribution in [0.15, 0.2) is 60.9 Å². The second-order valence-electron chi connectivity index (χ2n) is 21.8. The minimum atomic E-state index is -0.444. The van der Waals surface area contributed by atoms with E-state index < -0.39 is 5.97 Å². The van der Waals surface area contributed by atoms with Crippen LogP contribution in [0.3, 0.4) is 0 Å². The van der Waals surface area contributed by atoms with Gasteiger partial charge in [-0.2, -0.15) is 0 Å². The highest BCUT2D eigenvalue weighted by atomic mass is 16.5. The highest BCUT2D eigenvalue weighted by Gasteiger charge is 2.19. The van der Waals surface area contributed by atoms with Gasteiger partial charge in [-0.15, -0.1) is 0 Å². The lowest BCUT2D eigenvalue weighted by Crippen LogP contribution is -2.07. The molecule has 0 aromatic carbocycles. The third-order valence-corrected chi connectivity index (χ3v) is 15.1. The monoisotopic (exact) mass is 1030 g/mol. The summed E-state index contributed by atoms with van der Waals surface area (Å²) in [5.74, 6) is 0.0753. The summed E-state index contributed by atoms with van der Waals surface area (Å²) in [6.45, 7) is 10.7. The number of carbonyl (C=O) groups excluding carboxylic acids is 2. The van der Waals surface area contributed by atoms with Crippen LogP contribution in [0.2, 0.25) is 0 Å². The fourth-order valence-electron chi connectivity index (χ4n) is 10.5. The molecule has 0 unspecified atom stereocenters. The maximum Gasteiger partial charge on any atom is 0.338 e. The fourth-order valence-corrected chi connectivity index (χ4v) is 10.5. The molecule has 4 rings (SSSR count). The van der Waals surface area contributed by atoms with Crippen molar-refractivity contribution in [2.45, 2.75) is 285 Å². The highest BCUT2D eigenvalue weighted by Crippen LogP contribution is 2.33. The number of aromatic nitrogens is 4. The van der Waals surface area contributed by atoms with E-state index >= 15 is 0 Å². The van der Waals surface area contributed by atoms with Crippen LogP contribution in [0.25, 0.3) is 34.2 Å². The molecule has 0 fully saturated rings. The number of carbonyl (C=O) groups is 2. The lowest BCUT2D eigenvalue weighted by Gasteiger charge is -2.19. The molecule has 4 heterocycles. The molecule has 0 aliphatic carbocycles. The summed E-state index contributed by atoms with van der Waals surface area (Å²) in [6.07, 6.45) is 52.6. The molecule has 0 saturated heterocycles. The smallest absolute Gasteiger partial charge is 0.338 e. The predicted octanol–water partition coefficient (Wildman–Crippen LogP) is 20.5. The van der Waals surface area contributed by atoms with Crippen LogP contribution in [0.4, 0.5) is 0 Å². The molecule has 0 aliphatic heterocycles. The predicted molar refractivity (Wildman–Crippen MR) is 315 cm³/mol. The van der Waals surface area contributed by atoms with Crippen LogP contribution in [0.5, 0.6) is 5.75 Å². The zero-order valence-corrected chi connectivity index (χ0v) is 48.3.